The van der Waals surface area contributed by atoms with E-state index in [1.165, 1.54) is 6.34 Å². The van der Waals surface area contributed by atoms with Gasteiger partial charge < -0.3 is 9.09 Å². The molecule has 0 amide bonds. The van der Waals surface area contributed by atoms with Crippen LogP contribution in [-0.4, -0.2) is 16.1 Å². The summed E-state index contributed by atoms with van der Waals surface area (Å²) in [7, 11) is 0. The molecule has 0 fully saturated rings. The molecule has 0 unspecified atom stereocenters. The molecule has 0 bridgehead atoms. The van der Waals surface area contributed by atoms with E-state index in [4.69, 9.17) is 9.93 Å². The number of fused-ring (bicyclic) bond motifs is 1. The number of hydrogen-bond acceptors (Lipinski definition) is 3. The highest BCUT2D eigenvalue weighted by atomic mass is 16.5. The number of hydrogen-bond donors (Lipinski definition) is 1. The minimum atomic E-state index is 0.712. The summed E-state index contributed by atoms with van der Waals surface area (Å²) in [5.41, 5.74) is 0.712. The van der Waals surface area contributed by atoms with Crippen LogP contribution in [0, 0.1) is 5.41 Å². The molecular formula is C6H5N3O. The predicted octanol–water partition coefficient (Wildman–Crippen LogP) is 1.08. The third-order valence-corrected chi connectivity index (χ3v) is 1.33. The van der Waals surface area contributed by atoms with Crippen LogP contribution in [-0.2, 0) is 0 Å². The number of aromatic nitrogens is 2. The number of rotatable bonds is 1. The second kappa shape index (κ2) is 1.70. The van der Waals surface area contributed by atoms with Gasteiger partial charge in [0.25, 0.3) is 0 Å². The first-order valence-electron chi connectivity index (χ1n) is 2.82. The van der Waals surface area contributed by atoms with Crippen molar-refractivity contribution in [3.05, 3.63) is 18.6 Å². The van der Waals surface area contributed by atoms with Crippen molar-refractivity contribution in [1.29, 1.82) is 5.41 Å². The minimum Gasteiger partial charge on any atom is -0.355 e. The third kappa shape index (κ3) is 0.556. The normalized spacial score (nSPS) is 10.4. The van der Waals surface area contributed by atoms with Gasteiger partial charge in [0.05, 0.1) is 24.1 Å². The first-order valence-corrected chi connectivity index (χ1v) is 2.82. The van der Waals surface area contributed by atoms with Gasteiger partial charge >= 0.3 is 0 Å². The highest BCUT2D eigenvalue weighted by molar-refractivity contribution is 5.78. The highest BCUT2D eigenvalue weighted by Gasteiger charge is 1.98. The van der Waals surface area contributed by atoms with E-state index < -0.39 is 0 Å². The van der Waals surface area contributed by atoms with Gasteiger partial charge in [0.1, 0.15) is 0 Å². The Hall–Kier alpha value is -1.58. The lowest BCUT2D eigenvalue weighted by molar-refractivity contribution is 0.455. The zero-order chi connectivity index (χ0) is 6.97. The van der Waals surface area contributed by atoms with Crippen molar-refractivity contribution in [2.75, 3.05) is 0 Å². The summed E-state index contributed by atoms with van der Waals surface area (Å²) in [6.45, 7) is 0. The summed E-state index contributed by atoms with van der Waals surface area (Å²) in [6.07, 6.45) is 6.30. The van der Waals surface area contributed by atoms with Crippen molar-refractivity contribution in [3.8, 4) is 0 Å². The molecular weight excluding hydrogens is 130 g/mol. The quantitative estimate of drug-likeness (QED) is 0.470. The molecule has 50 valence electrons. The maximum Gasteiger partial charge on any atom is 0.184 e. The van der Waals surface area contributed by atoms with Gasteiger partial charge in [-0.15, -0.1) is 0 Å². The molecule has 0 spiro atoms. The van der Waals surface area contributed by atoms with Gasteiger partial charge in [-0.05, 0) is 0 Å². The fraction of sp³-hybridized carbons (Fsp3) is 0. The molecule has 0 radical (unpaired) electrons. The summed E-state index contributed by atoms with van der Waals surface area (Å²) in [6, 6.07) is 0. The fourth-order valence-electron chi connectivity index (χ4n) is 0.859. The average molecular weight is 135 g/mol. The third-order valence-electron chi connectivity index (χ3n) is 1.33. The minimum absolute atomic E-state index is 0.712. The lowest BCUT2D eigenvalue weighted by Gasteiger charge is -1.82. The van der Waals surface area contributed by atoms with Crippen molar-refractivity contribution in [2.45, 2.75) is 0 Å². The molecule has 0 atom stereocenters. The van der Waals surface area contributed by atoms with Gasteiger partial charge in [0.15, 0.2) is 5.58 Å². The van der Waals surface area contributed by atoms with Gasteiger partial charge in [-0.2, -0.15) is 0 Å². The molecule has 4 nitrogen and oxygen atoms in total. The smallest absolute Gasteiger partial charge is 0.184 e. The van der Waals surface area contributed by atoms with Crippen LogP contribution in [0.2, 0.25) is 0 Å². The van der Waals surface area contributed by atoms with Gasteiger partial charge in [0.2, 0.25) is 0 Å². The Bertz CT molecular complexity index is 331. The van der Waals surface area contributed by atoms with Gasteiger partial charge in [-0.3, -0.25) is 5.41 Å². The second-order valence-corrected chi connectivity index (χ2v) is 1.98. The number of nitrogens with zero attached hydrogens (tertiary/aromatic N) is 2. The van der Waals surface area contributed by atoms with E-state index >= 15 is 0 Å². The largest absolute Gasteiger partial charge is 0.355 e. The Balaban J connectivity index is 2.78. The summed E-state index contributed by atoms with van der Waals surface area (Å²) in [5, 5.41) is 11.4. The fourth-order valence-corrected chi connectivity index (χ4v) is 0.859. The van der Waals surface area contributed by atoms with Crippen LogP contribution in [0.3, 0.4) is 0 Å². The first kappa shape index (κ1) is 5.22. The molecule has 2 aromatic rings. The molecule has 2 aromatic heterocycles. The average Bonchev–Trinajstić information content (AvgIpc) is 2.42. The van der Waals surface area contributed by atoms with Crippen molar-refractivity contribution in [3.63, 3.8) is 0 Å². The standard InChI is InChI=1S/C6H5N3O/c7-4-9-2-5-1-8-10-6(5)3-9/h1-4,7H. The summed E-state index contributed by atoms with van der Waals surface area (Å²) in [4.78, 5) is 0. The maximum atomic E-state index is 6.89. The van der Waals surface area contributed by atoms with E-state index in [-0.39, 0.29) is 0 Å². The van der Waals surface area contributed by atoms with E-state index in [1.54, 1.807) is 23.2 Å². The molecule has 0 aliphatic heterocycles. The van der Waals surface area contributed by atoms with Gasteiger partial charge in [-0.1, -0.05) is 5.16 Å². The van der Waals surface area contributed by atoms with Crippen molar-refractivity contribution in [1.82, 2.24) is 9.72 Å². The van der Waals surface area contributed by atoms with E-state index in [1.807, 2.05) is 0 Å². The van der Waals surface area contributed by atoms with Crippen molar-refractivity contribution >= 4 is 17.3 Å². The second-order valence-electron chi connectivity index (χ2n) is 1.98. The zero-order valence-corrected chi connectivity index (χ0v) is 5.11. The summed E-state index contributed by atoms with van der Waals surface area (Å²) < 4.78 is 6.43. The Labute approximate surface area is 56.5 Å². The molecule has 2 rings (SSSR count). The Kier molecular flexibility index (Phi) is 0.887. The Morgan fingerprint density at radius 1 is 1.60 bits per heavy atom. The van der Waals surface area contributed by atoms with E-state index in [2.05, 4.69) is 5.16 Å². The van der Waals surface area contributed by atoms with E-state index in [0.717, 1.165) is 5.39 Å². The SMILES string of the molecule is N=Cn1cc2cnoc2c1. The van der Waals surface area contributed by atoms with Crippen molar-refractivity contribution in [2.24, 2.45) is 0 Å². The zero-order valence-electron chi connectivity index (χ0n) is 5.11. The summed E-state index contributed by atoms with van der Waals surface area (Å²) in [5.74, 6) is 0. The van der Waals surface area contributed by atoms with Crippen LogP contribution in [0.1, 0.15) is 0 Å². The lowest BCUT2D eigenvalue weighted by Crippen LogP contribution is -1.85. The molecule has 2 heterocycles. The van der Waals surface area contributed by atoms with Gasteiger partial charge in [0, 0.05) is 6.20 Å². The predicted molar refractivity (Wildman–Crippen MR) is 36.2 cm³/mol. The first-order chi connectivity index (χ1) is 4.90. The Morgan fingerprint density at radius 2 is 2.50 bits per heavy atom. The van der Waals surface area contributed by atoms with Gasteiger partial charge in [-0.25, -0.2) is 0 Å². The van der Waals surface area contributed by atoms with Crippen LogP contribution >= 0.6 is 0 Å². The molecule has 0 saturated heterocycles. The molecule has 4 heteroatoms. The molecule has 0 aromatic carbocycles. The molecule has 10 heavy (non-hydrogen) atoms. The van der Waals surface area contributed by atoms with Crippen LogP contribution in [0.25, 0.3) is 11.0 Å². The van der Waals surface area contributed by atoms with Crippen LogP contribution in [0.4, 0.5) is 0 Å². The highest BCUT2D eigenvalue weighted by Crippen LogP contribution is 2.11. The van der Waals surface area contributed by atoms with Crippen LogP contribution in [0.15, 0.2) is 23.1 Å². The molecule has 1 N–H and O–H groups in total. The molecule has 0 saturated carbocycles. The van der Waals surface area contributed by atoms with E-state index in [9.17, 15) is 0 Å². The van der Waals surface area contributed by atoms with Crippen LogP contribution < -0.4 is 0 Å². The summed E-state index contributed by atoms with van der Waals surface area (Å²) >= 11 is 0. The van der Waals surface area contributed by atoms with Crippen molar-refractivity contribution < 1.29 is 4.52 Å². The Morgan fingerprint density at radius 3 is 3.20 bits per heavy atom. The molecule has 0 aliphatic rings. The van der Waals surface area contributed by atoms with Crippen LogP contribution in [0.5, 0.6) is 0 Å². The molecule has 0 aliphatic carbocycles. The maximum absolute atomic E-state index is 6.89. The topological polar surface area (TPSA) is 54.8 Å². The van der Waals surface area contributed by atoms with E-state index in [0.29, 0.717) is 5.58 Å². The monoisotopic (exact) mass is 135 g/mol. The number of nitrogens with one attached hydrogen (secondary N) is 1. The lowest BCUT2D eigenvalue weighted by atomic mass is 10.5.